The van der Waals surface area contributed by atoms with Gasteiger partial charge in [0.25, 0.3) is 0 Å². The summed E-state index contributed by atoms with van der Waals surface area (Å²) < 4.78 is 4.91. The number of ether oxygens (including phenoxy) is 1. The van der Waals surface area contributed by atoms with Gasteiger partial charge in [-0.05, 0) is 19.3 Å². The van der Waals surface area contributed by atoms with Crippen LogP contribution in [0.1, 0.15) is 32.6 Å². The standard InChI is InChI=1S/C9H18O/c1-3-4-5-6-7-8-9-10-2/h5-6H,3-4,7-9H2,1-2H3/b6-5-. The first-order chi connectivity index (χ1) is 4.91. The van der Waals surface area contributed by atoms with Crippen LogP contribution in [0.4, 0.5) is 0 Å². The molecule has 0 rings (SSSR count). The highest BCUT2D eigenvalue weighted by Crippen LogP contribution is 1.94. The molecule has 0 aromatic rings. The van der Waals surface area contributed by atoms with E-state index in [0.29, 0.717) is 0 Å². The Kier molecular flexibility index (Phi) is 8.44. The highest BCUT2D eigenvalue weighted by molar-refractivity contribution is 4.80. The largest absolute Gasteiger partial charge is 0.385 e. The second-order valence-electron chi connectivity index (χ2n) is 2.40. The van der Waals surface area contributed by atoms with Crippen molar-refractivity contribution in [2.75, 3.05) is 13.7 Å². The van der Waals surface area contributed by atoms with Gasteiger partial charge in [-0.1, -0.05) is 25.5 Å². The number of unbranched alkanes of at least 4 members (excludes halogenated alkanes) is 2. The Bertz CT molecular complexity index is 76.8. The monoisotopic (exact) mass is 142 g/mol. The van der Waals surface area contributed by atoms with Gasteiger partial charge in [0, 0.05) is 13.7 Å². The molecule has 0 fully saturated rings. The second-order valence-corrected chi connectivity index (χ2v) is 2.40. The molecule has 0 heterocycles. The SMILES string of the molecule is CCC/C=C\CCCOC. The Labute approximate surface area is 64.1 Å². The van der Waals surface area contributed by atoms with Crippen LogP contribution in [0.2, 0.25) is 0 Å². The van der Waals surface area contributed by atoms with E-state index in [1.165, 1.54) is 12.8 Å². The summed E-state index contributed by atoms with van der Waals surface area (Å²) >= 11 is 0. The van der Waals surface area contributed by atoms with Crippen molar-refractivity contribution in [2.45, 2.75) is 32.6 Å². The van der Waals surface area contributed by atoms with Crippen molar-refractivity contribution in [3.8, 4) is 0 Å². The van der Waals surface area contributed by atoms with E-state index in [2.05, 4.69) is 19.1 Å². The minimum atomic E-state index is 0.885. The van der Waals surface area contributed by atoms with E-state index in [-0.39, 0.29) is 0 Å². The molecule has 0 spiro atoms. The van der Waals surface area contributed by atoms with Crippen molar-refractivity contribution in [3.63, 3.8) is 0 Å². The molecule has 0 radical (unpaired) electrons. The van der Waals surface area contributed by atoms with Crippen LogP contribution in [0.25, 0.3) is 0 Å². The van der Waals surface area contributed by atoms with Crippen LogP contribution in [-0.2, 0) is 4.74 Å². The molecule has 1 nitrogen and oxygen atoms in total. The zero-order chi connectivity index (χ0) is 7.66. The Morgan fingerprint density at radius 3 is 2.50 bits per heavy atom. The Hall–Kier alpha value is -0.300. The molecule has 10 heavy (non-hydrogen) atoms. The third kappa shape index (κ3) is 7.70. The summed E-state index contributed by atoms with van der Waals surface area (Å²) in [6.07, 6.45) is 9.26. The summed E-state index contributed by atoms with van der Waals surface area (Å²) in [6, 6.07) is 0. The van der Waals surface area contributed by atoms with Crippen LogP contribution in [0.5, 0.6) is 0 Å². The lowest BCUT2D eigenvalue weighted by Gasteiger charge is -1.92. The van der Waals surface area contributed by atoms with Crippen molar-refractivity contribution in [3.05, 3.63) is 12.2 Å². The first-order valence-corrected chi connectivity index (χ1v) is 4.05. The number of rotatable bonds is 6. The van der Waals surface area contributed by atoms with Gasteiger partial charge < -0.3 is 4.74 Å². The predicted octanol–water partition coefficient (Wildman–Crippen LogP) is 2.77. The Balaban J connectivity index is 2.88. The molecule has 0 amide bonds. The number of allylic oxidation sites excluding steroid dienone is 2. The van der Waals surface area contributed by atoms with E-state index in [1.54, 1.807) is 7.11 Å². The maximum absolute atomic E-state index is 4.91. The smallest absolute Gasteiger partial charge is 0.0465 e. The van der Waals surface area contributed by atoms with Gasteiger partial charge in [0.05, 0.1) is 0 Å². The zero-order valence-corrected chi connectivity index (χ0v) is 7.10. The molecular weight excluding hydrogens is 124 g/mol. The van der Waals surface area contributed by atoms with Crippen LogP contribution in [0.15, 0.2) is 12.2 Å². The van der Waals surface area contributed by atoms with Gasteiger partial charge in [-0.2, -0.15) is 0 Å². The average Bonchev–Trinajstić information content (AvgIpc) is 1.97. The van der Waals surface area contributed by atoms with E-state index in [9.17, 15) is 0 Å². The summed E-state index contributed by atoms with van der Waals surface area (Å²) in [5.74, 6) is 0. The lowest BCUT2D eigenvalue weighted by molar-refractivity contribution is 0.196. The number of hydrogen-bond donors (Lipinski definition) is 0. The summed E-state index contributed by atoms with van der Waals surface area (Å²) in [4.78, 5) is 0. The Morgan fingerprint density at radius 2 is 1.90 bits per heavy atom. The molecule has 0 aliphatic rings. The average molecular weight is 142 g/mol. The van der Waals surface area contributed by atoms with Gasteiger partial charge in [0.2, 0.25) is 0 Å². The number of methoxy groups -OCH3 is 1. The molecule has 0 atom stereocenters. The fraction of sp³-hybridized carbons (Fsp3) is 0.778. The zero-order valence-electron chi connectivity index (χ0n) is 7.10. The molecule has 0 N–H and O–H groups in total. The normalized spacial score (nSPS) is 11.0. The first-order valence-electron chi connectivity index (χ1n) is 4.05. The predicted molar refractivity (Wildman–Crippen MR) is 45.2 cm³/mol. The summed E-state index contributed by atoms with van der Waals surface area (Å²) in [5.41, 5.74) is 0. The molecular formula is C9H18O. The van der Waals surface area contributed by atoms with E-state index >= 15 is 0 Å². The van der Waals surface area contributed by atoms with Crippen molar-refractivity contribution >= 4 is 0 Å². The number of hydrogen-bond acceptors (Lipinski definition) is 1. The van der Waals surface area contributed by atoms with Gasteiger partial charge in [-0.25, -0.2) is 0 Å². The molecule has 0 saturated heterocycles. The summed E-state index contributed by atoms with van der Waals surface area (Å²) in [6.45, 7) is 3.08. The van der Waals surface area contributed by atoms with E-state index < -0.39 is 0 Å². The second kappa shape index (κ2) is 8.70. The van der Waals surface area contributed by atoms with E-state index in [1.807, 2.05) is 0 Å². The molecule has 0 aromatic carbocycles. The van der Waals surface area contributed by atoms with Crippen LogP contribution >= 0.6 is 0 Å². The van der Waals surface area contributed by atoms with Gasteiger partial charge in [-0.3, -0.25) is 0 Å². The third-order valence-corrected chi connectivity index (χ3v) is 1.34. The van der Waals surface area contributed by atoms with Crippen molar-refractivity contribution in [1.82, 2.24) is 0 Å². The minimum absolute atomic E-state index is 0.885. The van der Waals surface area contributed by atoms with Crippen LogP contribution < -0.4 is 0 Å². The van der Waals surface area contributed by atoms with Crippen molar-refractivity contribution < 1.29 is 4.74 Å². The van der Waals surface area contributed by atoms with Crippen LogP contribution in [0.3, 0.4) is 0 Å². The van der Waals surface area contributed by atoms with Gasteiger partial charge in [0.1, 0.15) is 0 Å². The topological polar surface area (TPSA) is 9.23 Å². The van der Waals surface area contributed by atoms with E-state index in [0.717, 1.165) is 19.4 Å². The molecule has 0 aromatic heterocycles. The van der Waals surface area contributed by atoms with Gasteiger partial charge in [0.15, 0.2) is 0 Å². The van der Waals surface area contributed by atoms with Gasteiger partial charge in [-0.15, -0.1) is 0 Å². The fourth-order valence-corrected chi connectivity index (χ4v) is 0.748. The highest BCUT2D eigenvalue weighted by atomic mass is 16.5. The lowest BCUT2D eigenvalue weighted by Crippen LogP contribution is -1.85. The highest BCUT2D eigenvalue weighted by Gasteiger charge is 1.80. The van der Waals surface area contributed by atoms with Crippen LogP contribution in [0, 0.1) is 0 Å². The molecule has 0 unspecified atom stereocenters. The van der Waals surface area contributed by atoms with E-state index in [4.69, 9.17) is 4.74 Å². The molecule has 1 heteroatoms. The maximum Gasteiger partial charge on any atom is 0.0465 e. The first kappa shape index (κ1) is 9.70. The lowest BCUT2D eigenvalue weighted by atomic mass is 10.2. The molecule has 60 valence electrons. The quantitative estimate of drug-likeness (QED) is 0.409. The summed E-state index contributed by atoms with van der Waals surface area (Å²) in [7, 11) is 1.75. The van der Waals surface area contributed by atoms with Crippen molar-refractivity contribution in [1.29, 1.82) is 0 Å². The molecule has 0 bridgehead atoms. The molecule has 0 saturated carbocycles. The van der Waals surface area contributed by atoms with Crippen LogP contribution in [-0.4, -0.2) is 13.7 Å². The fourth-order valence-electron chi connectivity index (χ4n) is 0.748. The third-order valence-electron chi connectivity index (χ3n) is 1.34. The molecule has 0 aliphatic carbocycles. The summed E-state index contributed by atoms with van der Waals surface area (Å²) in [5, 5.41) is 0. The molecule has 0 aliphatic heterocycles. The maximum atomic E-state index is 4.91. The minimum Gasteiger partial charge on any atom is -0.385 e. The Morgan fingerprint density at radius 1 is 1.20 bits per heavy atom. The van der Waals surface area contributed by atoms with Gasteiger partial charge >= 0.3 is 0 Å². The van der Waals surface area contributed by atoms with Crippen molar-refractivity contribution in [2.24, 2.45) is 0 Å².